The number of ether oxygens (including phenoxy) is 1. The Bertz CT molecular complexity index is 1510. The van der Waals surface area contributed by atoms with E-state index >= 15 is 0 Å². The minimum absolute atomic E-state index is 0.120. The van der Waals surface area contributed by atoms with Gasteiger partial charge in [-0.15, -0.1) is 0 Å². The molecule has 0 bridgehead atoms. The summed E-state index contributed by atoms with van der Waals surface area (Å²) in [6.45, 7) is 19.5. The smallest absolute Gasteiger partial charge is 0.255 e. The van der Waals surface area contributed by atoms with Gasteiger partial charge in [0.1, 0.15) is 5.69 Å². The van der Waals surface area contributed by atoms with E-state index in [1.807, 2.05) is 48.2 Å². The van der Waals surface area contributed by atoms with Crippen LogP contribution in [0.1, 0.15) is 73.3 Å². The molecule has 3 heterocycles. The summed E-state index contributed by atoms with van der Waals surface area (Å²) in [7, 11) is 0. The van der Waals surface area contributed by atoms with Gasteiger partial charge in [0.2, 0.25) is 5.91 Å². The molecule has 1 aromatic heterocycles. The summed E-state index contributed by atoms with van der Waals surface area (Å²) >= 11 is 0. The quantitative estimate of drug-likeness (QED) is 0.330. The van der Waals surface area contributed by atoms with Crippen LogP contribution >= 0.6 is 0 Å². The Balaban J connectivity index is 1.30. The van der Waals surface area contributed by atoms with Gasteiger partial charge in [0.05, 0.1) is 11.8 Å². The number of anilines is 1. The average Bonchev–Trinajstić information content (AvgIpc) is 3.70. The topological polar surface area (TPSA) is 99.9 Å². The molecule has 2 aromatic carbocycles. The third-order valence-electron chi connectivity index (χ3n) is 8.49. The van der Waals surface area contributed by atoms with Crippen LogP contribution in [0.2, 0.25) is 0 Å². The molecule has 2 fully saturated rings. The Hall–Kier alpha value is -3.95. The van der Waals surface area contributed by atoms with Crippen LogP contribution in [-0.4, -0.2) is 72.2 Å². The maximum atomic E-state index is 13.6. The summed E-state index contributed by atoms with van der Waals surface area (Å²) in [5, 5.41) is 10.7. The molecular formula is C35H45N5O4. The van der Waals surface area contributed by atoms with Gasteiger partial charge in [-0.1, -0.05) is 44.6 Å². The molecule has 2 saturated heterocycles. The average molecular weight is 600 g/mol. The van der Waals surface area contributed by atoms with Crippen LogP contribution in [0.25, 0.3) is 17.0 Å². The van der Waals surface area contributed by atoms with Crippen molar-refractivity contribution in [2.45, 2.75) is 65.5 Å². The van der Waals surface area contributed by atoms with E-state index in [0.29, 0.717) is 34.9 Å². The highest BCUT2D eigenvalue weighted by atomic mass is 16.5. The summed E-state index contributed by atoms with van der Waals surface area (Å²) < 4.78 is 11.3. The van der Waals surface area contributed by atoms with Gasteiger partial charge in [-0.3, -0.25) is 14.5 Å². The number of rotatable bonds is 9. The Morgan fingerprint density at radius 1 is 1.07 bits per heavy atom. The Kier molecular flexibility index (Phi) is 9.56. The van der Waals surface area contributed by atoms with E-state index in [1.165, 1.54) is 0 Å². The molecule has 3 aromatic rings. The highest BCUT2D eigenvalue weighted by Gasteiger charge is 2.22. The zero-order valence-corrected chi connectivity index (χ0v) is 26.7. The van der Waals surface area contributed by atoms with Gasteiger partial charge < -0.3 is 24.8 Å². The predicted octanol–water partition coefficient (Wildman–Crippen LogP) is 5.60. The standard InChI is InChI=1S/C35H45N5O4/c1-23-9-10-29(19-31(23)32-20-33(44-38-32)24(2)36-21-30-8-7-15-43-30)37-34(42)27-16-26(17-28(18-27)35(4,5)6)22-39-11-13-40(14-12-39)25(3)41/h9-10,16-20,30,36H,2,7-8,11-15,21-22H2,1,3-6H3,(H,37,42). The molecule has 5 rings (SSSR count). The van der Waals surface area contributed by atoms with Crippen molar-refractivity contribution < 1.29 is 18.8 Å². The number of carbonyl (C=O) groups excluding carboxylic acids is 2. The monoisotopic (exact) mass is 599 g/mol. The van der Waals surface area contributed by atoms with Gasteiger partial charge in [0.25, 0.3) is 5.91 Å². The zero-order chi connectivity index (χ0) is 31.4. The lowest BCUT2D eigenvalue weighted by Crippen LogP contribution is -2.47. The van der Waals surface area contributed by atoms with E-state index in [-0.39, 0.29) is 23.3 Å². The van der Waals surface area contributed by atoms with E-state index in [2.05, 4.69) is 54.1 Å². The molecule has 0 aliphatic carbocycles. The molecule has 2 aliphatic rings. The first-order chi connectivity index (χ1) is 21.0. The van der Waals surface area contributed by atoms with Gasteiger partial charge in [-0.05, 0) is 66.1 Å². The largest absolute Gasteiger partial charge is 0.380 e. The molecule has 0 radical (unpaired) electrons. The van der Waals surface area contributed by atoms with E-state index in [4.69, 9.17) is 9.26 Å². The molecule has 2 N–H and O–H groups in total. The van der Waals surface area contributed by atoms with Gasteiger partial charge in [-0.2, -0.15) is 0 Å². The van der Waals surface area contributed by atoms with Crippen molar-refractivity contribution in [3.63, 3.8) is 0 Å². The summed E-state index contributed by atoms with van der Waals surface area (Å²) in [6, 6.07) is 13.8. The second-order valence-corrected chi connectivity index (χ2v) is 13.0. The lowest BCUT2D eigenvalue weighted by atomic mass is 9.85. The number of aromatic nitrogens is 1. The summed E-state index contributed by atoms with van der Waals surface area (Å²) in [6.07, 6.45) is 2.32. The first-order valence-corrected chi connectivity index (χ1v) is 15.5. The minimum atomic E-state index is -0.166. The van der Waals surface area contributed by atoms with Crippen LogP contribution in [0.4, 0.5) is 5.69 Å². The predicted molar refractivity (Wildman–Crippen MR) is 173 cm³/mol. The van der Waals surface area contributed by atoms with Crippen LogP contribution in [-0.2, 0) is 21.5 Å². The van der Waals surface area contributed by atoms with Gasteiger partial charge in [-0.25, -0.2) is 0 Å². The number of hydrogen-bond acceptors (Lipinski definition) is 7. The molecule has 2 amide bonds. The van der Waals surface area contributed by atoms with Gasteiger partial charge in [0, 0.05) is 75.7 Å². The lowest BCUT2D eigenvalue weighted by molar-refractivity contribution is -0.130. The zero-order valence-electron chi connectivity index (χ0n) is 26.7. The fourth-order valence-electron chi connectivity index (χ4n) is 5.68. The molecule has 234 valence electrons. The van der Waals surface area contributed by atoms with E-state index in [9.17, 15) is 9.59 Å². The highest BCUT2D eigenvalue weighted by Crippen LogP contribution is 2.29. The first kappa shape index (κ1) is 31.5. The summed E-state index contributed by atoms with van der Waals surface area (Å²) in [4.78, 5) is 29.6. The summed E-state index contributed by atoms with van der Waals surface area (Å²) in [5.41, 5.74) is 6.60. The van der Waals surface area contributed by atoms with Crippen LogP contribution in [0.15, 0.2) is 53.6 Å². The van der Waals surface area contributed by atoms with Crippen molar-refractivity contribution in [3.05, 3.63) is 77.1 Å². The second-order valence-electron chi connectivity index (χ2n) is 13.0. The van der Waals surface area contributed by atoms with Crippen molar-refractivity contribution in [2.75, 3.05) is 44.6 Å². The van der Waals surface area contributed by atoms with Crippen molar-refractivity contribution in [1.82, 2.24) is 20.3 Å². The molecule has 1 unspecified atom stereocenters. The van der Waals surface area contributed by atoms with E-state index in [0.717, 1.165) is 74.4 Å². The third kappa shape index (κ3) is 7.76. The molecule has 9 heteroatoms. The molecule has 44 heavy (non-hydrogen) atoms. The highest BCUT2D eigenvalue weighted by molar-refractivity contribution is 6.04. The van der Waals surface area contributed by atoms with Crippen molar-refractivity contribution >= 4 is 23.2 Å². The molecule has 1 atom stereocenters. The van der Waals surface area contributed by atoms with Crippen LogP contribution in [0.3, 0.4) is 0 Å². The van der Waals surface area contributed by atoms with Crippen molar-refractivity contribution in [2.24, 2.45) is 0 Å². The Morgan fingerprint density at radius 3 is 2.52 bits per heavy atom. The van der Waals surface area contributed by atoms with E-state index in [1.54, 1.807) is 6.92 Å². The number of nitrogens with zero attached hydrogens (tertiary/aromatic N) is 3. The van der Waals surface area contributed by atoms with Gasteiger partial charge >= 0.3 is 0 Å². The maximum Gasteiger partial charge on any atom is 0.255 e. The number of benzene rings is 2. The van der Waals surface area contributed by atoms with E-state index < -0.39 is 0 Å². The van der Waals surface area contributed by atoms with Crippen LogP contribution in [0, 0.1) is 6.92 Å². The molecule has 0 saturated carbocycles. The van der Waals surface area contributed by atoms with Crippen molar-refractivity contribution in [3.8, 4) is 11.3 Å². The molecule has 0 spiro atoms. The molecule has 2 aliphatic heterocycles. The second kappa shape index (κ2) is 13.4. The lowest BCUT2D eigenvalue weighted by Gasteiger charge is -2.34. The maximum absolute atomic E-state index is 13.6. The fourth-order valence-corrected chi connectivity index (χ4v) is 5.68. The van der Waals surface area contributed by atoms with Crippen LogP contribution in [0.5, 0.6) is 0 Å². The van der Waals surface area contributed by atoms with Gasteiger partial charge in [0.15, 0.2) is 5.76 Å². The normalized spacial score (nSPS) is 17.5. The number of nitrogens with one attached hydrogen (secondary N) is 2. The van der Waals surface area contributed by atoms with Crippen LogP contribution < -0.4 is 10.6 Å². The fraction of sp³-hybridized carbons (Fsp3) is 0.457. The molecule has 9 nitrogen and oxygen atoms in total. The first-order valence-electron chi connectivity index (χ1n) is 15.5. The minimum Gasteiger partial charge on any atom is -0.380 e. The third-order valence-corrected chi connectivity index (χ3v) is 8.49. The molecular weight excluding hydrogens is 554 g/mol. The number of amides is 2. The number of aryl methyl sites for hydroxylation is 1. The number of hydrogen-bond donors (Lipinski definition) is 2. The number of carbonyl (C=O) groups is 2. The Morgan fingerprint density at radius 2 is 1.84 bits per heavy atom. The van der Waals surface area contributed by atoms with Crippen molar-refractivity contribution in [1.29, 1.82) is 0 Å². The SMILES string of the molecule is C=C(NCC1CCCO1)c1cc(-c2cc(NC(=O)c3cc(CN4CCN(C(C)=O)CC4)cc(C(C)(C)C)c3)ccc2C)no1. The Labute approximate surface area is 260 Å². The summed E-state index contributed by atoms with van der Waals surface area (Å²) in [5.74, 6) is 0.524. The number of piperazine rings is 1.